The second kappa shape index (κ2) is 2.98. The lowest BCUT2D eigenvalue weighted by Crippen LogP contribution is -2.49. The normalized spacial score (nSPS) is 46.6. The topological polar surface area (TPSA) is 20.3 Å². The summed E-state index contributed by atoms with van der Waals surface area (Å²) >= 11 is 0. The van der Waals surface area contributed by atoms with Crippen LogP contribution in [0.2, 0.25) is 0 Å². The van der Waals surface area contributed by atoms with Gasteiger partial charge in [0.05, 0.1) is 0 Å². The molecule has 0 aromatic heterocycles. The Balaban J connectivity index is 1.88. The molecule has 1 saturated carbocycles. The number of hydrogen-bond acceptors (Lipinski definition) is 1. The monoisotopic (exact) mass is 193 g/mol. The number of carbonyl (C=O) groups excluding carboxylic acids is 1. The summed E-state index contributed by atoms with van der Waals surface area (Å²) in [5.41, 5.74) is 0. The molecular formula is C12H19NO. The molecule has 0 radical (unpaired) electrons. The second-order valence-electron chi connectivity index (χ2n) is 5.50. The number of hydrogen-bond donors (Lipinski definition) is 0. The quantitative estimate of drug-likeness (QED) is 0.576. The van der Waals surface area contributed by atoms with Gasteiger partial charge < -0.3 is 4.90 Å². The zero-order valence-electron chi connectivity index (χ0n) is 8.91. The first-order valence-corrected chi connectivity index (χ1v) is 6.05. The zero-order chi connectivity index (χ0) is 9.71. The minimum Gasteiger partial charge on any atom is -0.339 e. The van der Waals surface area contributed by atoms with Gasteiger partial charge in [0.15, 0.2) is 0 Å². The predicted molar refractivity (Wildman–Crippen MR) is 54.7 cm³/mol. The van der Waals surface area contributed by atoms with E-state index in [1.54, 1.807) is 0 Å². The smallest absolute Gasteiger partial charge is 0.222 e. The van der Waals surface area contributed by atoms with E-state index in [2.05, 4.69) is 11.8 Å². The van der Waals surface area contributed by atoms with Crippen LogP contribution >= 0.6 is 0 Å². The fourth-order valence-electron chi connectivity index (χ4n) is 4.08. The molecular weight excluding hydrogens is 174 g/mol. The molecule has 0 N–H and O–H groups in total. The van der Waals surface area contributed by atoms with Crippen LogP contribution in [-0.2, 0) is 4.79 Å². The highest BCUT2D eigenvalue weighted by atomic mass is 16.2. The predicted octanol–water partition coefficient (Wildman–Crippen LogP) is 2.04. The molecule has 2 saturated heterocycles. The third-order valence-corrected chi connectivity index (χ3v) is 4.53. The van der Waals surface area contributed by atoms with E-state index >= 15 is 0 Å². The SMILES string of the molecule is CC1CC2CCC(=O)N3CCC(C1)C23. The molecule has 2 heteroatoms. The van der Waals surface area contributed by atoms with Crippen molar-refractivity contribution < 1.29 is 4.79 Å². The summed E-state index contributed by atoms with van der Waals surface area (Å²) in [5.74, 6) is 3.01. The van der Waals surface area contributed by atoms with Gasteiger partial charge in [-0.1, -0.05) is 6.92 Å². The van der Waals surface area contributed by atoms with Crippen molar-refractivity contribution in [2.75, 3.05) is 6.54 Å². The molecule has 2 nitrogen and oxygen atoms in total. The first kappa shape index (κ1) is 8.75. The first-order chi connectivity index (χ1) is 6.75. The van der Waals surface area contributed by atoms with E-state index in [1.807, 2.05) is 0 Å². The molecule has 0 bridgehead atoms. The molecule has 3 rings (SSSR count). The number of piperidine rings is 1. The summed E-state index contributed by atoms with van der Waals surface area (Å²) in [4.78, 5) is 13.9. The molecule has 3 fully saturated rings. The summed E-state index contributed by atoms with van der Waals surface area (Å²) < 4.78 is 0. The summed E-state index contributed by atoms with van der Waals surface area (Å²) in [6.45, 7) is 3.44. The lowest BCUT2D eigenvalue weighted by molar-refractivity contribution is -0.138. The van der Waals surface area contributed by atoms with Gasteiger partial charge in [0.25, 0.3) is 0 Å². The summed E-state index contributed by atoms with van der Waals surface area (Å²) in [6, 6.07) is 0.646. The van der Waals surface area contributed by atoms with Crippen LogP contribution in [0.5, 0.6) is 0 Å². The molecule has 0 aromatic rings. The van der Waals surface area contributed by atoms with Crippen LogP contribution in [0.25, 0.3) is 0 Å². The molecule has 0 spiro atoms. The minimum atomic E-state index is 0.434. The van der Waals surface area contributed by atoms with Gasteiger partial charge in [-0.25, -0.2) is 0 Å². The van der Waals surface area contributed by atoms with Crippen LogP contribution < -0.4 is 0 Å². The van der Waals surface area contributed by atoms with Crippen molar-refractivity contribution >= 4 is 5.91 Å². The maximum absolute atomic E-state index is 11.7. The number of nitrogens with zero attached hydrogens (tertiary/aromatic N) is 1. The Labute approximate surface area is 85.7 Å². The van der Waals surface area contributed by atoms with Crippen LogP contribution in [0.15, 0.2) is 0 Å². The third kappa shape index (κ3) is 1.12. The largest absolute Gasteiger partial charge is 0.339 e. The molecule has 3 aliphatic rings. The van der Waals surface area contributed by atoms with Crippen molar-refractivity contribution in [1.82, 2.24) is 4.90 Å². The van der Waals surface area contributed by atoms with Gasteiger partial charge in [-0.3, -0.25) is 4.79 Å². The van der Waals surface area contributed by atoms with Gasteiger partial charge in [0.1, 0.15) is 0 Å². The summed E-state index contributed by atoms with van der Waals surface area (Å²) in [7, 11) is 0. The summed E-state index contributed by atoms with van der Waals surface area (Å²) in [6.07, 6.45) is 5.99. The van der Waals surface area contributed by atoms with E-state index in [4.69, 9.17) is 0 Å². The van der Waals surface area contributed by atoms with Gasteiger partial charge in [0.2, 0.25) is 5.91 Å². The fraction of sp³-hybridized carbons (Fsp3) is 0.917. The Kier molecular flexibility index (Phi) is 1.86. The second-order valence-corrected chi connectivity index (χ2v) is 5.50. The highest BCUT2D eigenvalue weighted by Gasteiger charge is 2.47. The van der Waals surface area contributed by atoms with Gasteiger partial charge in [-0.15, -0.1) is 0 Å². The van der Waals surface area contributed by atoms with Crippen molar-refractivity contribution in [3.63, 3.8) is 0 Å². The number of carbonyl (C=O) groups is 1. The van der Waals surface area contributed by atoms with E-state index in [1.165, 1.54) is 25.7 Å². The van der Waals surface area contributed by atoms with Gasteiger partial charge in [-0.05, 0) is 43.4 Å². The molecule has 78 valence electrons. The molecule has 14 heavy (non-hydrogen) atoms. The average molecular weight is 193 g/mol. The highest BCUT2D eigenvalue weighted by Crippen LogP contribution is 2.46. The van der Waals surface area contributed by atoms with Crippen molar-refractivity contribution in [2.24, 2.45) is 17.8 Å². The lowest BCUT2D eigenvalue weighted by Gasteiger charge is -2.44. The maximum atomic E-state index is 11.7. The molecule has 2 aliphatic heterocycles. The van der Waals surface area contributed by atoms with Crippen LogP contribution in [-0.4, -0.2) is 23.4 Å². The molecule has 0 aromatic carbocycles. The van der Waals surface area contributed by atoms with Gasteiger partial charge >= 0.3 is 0 Å². The Morgan fingerprint density at radius 3 is 2.71 bits per heavy atom. The highest BCUT2D eigenvalue weighted by molar-refractivity contribution is 5.77. The van der Waals surface area contributed by atoms with Crippen molar-refractivity contribution in [1.29, 1.82) is 0 Å². The minimum absolute atomic E-state index is 0.434. The zero-order valence-corrected chi connectivity index (χ0v) is 8.91. The molecule has 2 heterocycles. The first-order valence-electron chi connectivity index (χ1n) is 6.05. The fourth-order valence-corrected chi connectivity index (χ4v) is 4.08. The van der Waals surface area contributed by atoms with Crippen LogP contribution in [0, 0.1) is 17.8 Å². The standard InChI is InChI=1S/C12H19NO/c1-8-6-9-2-3-11(14)13-5-4-10(7-8)12(9)13/h8-10,12H,2-7H2,1H3. The number of rotatable bonds is 0. The Morgan fingerprint density at radius 2 is 1.93 bits per heavy atom. The van der Waals surface area contributed by atoms with Gasteiger partial charge in [-0.2, -0.15) is 0 Å². The Morgan fingerprint density at radius 1 is 1.21 bits per heavy atom. The van der Waals surface area contributed by atoms with Crippen molar-refractivity contribution in [3.05, 3.63) is 0 Å². The molecule has 4 atom stereocenters. The Hall–Kier alpha value is -0.530. The molecule has 1 aliphatic carbocycles. The van der Waals surface area contributed by atoms with Gasteiger partial charge in [0, 0.05) is 19.0 Å². The number of amides is 1. The average Bonchev–Trinajstić information content (AvgIpc) is 2.56. The molecule has 4 unspecified atom stereocenters. The third-order valence-electron chi connectivity index (χ3n) is 4.53. The van der Waals surface area contributed by atoms with Crippen LogP contribution in [0.3, 0.4) is 0 Å². The maximum Gasteiger partial charge on any atom is 0.222 e. The van der Waals surface area contributed by atoms with Crippen LogP contribution in [0.1, 0.15) is 39.0 Å². The lowest BCUT2D eigenvalue weighted by atomic mass is 9.70. The van der Waals surface area contributed by atoms with E-state index in [0.717, 1.165) is 30.7 Å². The van der Waals surface area contributed by atoms with Crippen LogP contribution in [0.4, 0.5) is 0 Å². The van der Waals surface area contributed by atoms with E-state index in [-0.39, 0.29) is 0 Å². The van der Waals surface area contributed by atoms with E-state index in [9.17, 15) is 4.79 Å². The van der Waals surface area contributed by atoms with E-state index in [0.29, 0.717) is 11.9 Å². The van der Waals surface area contributed by atoms with E-state index < -0.39 is 0 Å². The summed E-state index contributed by atoms with van der Waals surface area (Å²) in [5, 5.41) is 0. The molecule has 1 amide bonds. The van der Waals surface area contributed by atoms with Crippen molar-refractivity contribution in [3.8, 4) is 0 Å². The van der Waals surface area contributed by atoms with Crippen molar-refractivity contribution in [2.45, 2.75) is 45.1 Å². The Bertz CT molecular complexity index is 263.